The number of benzene rings is 3. The molecule has 0 bridgehead atoms. The number of halogens is 3. The van der Waals surface area contributed by atoms with Crippen LogP contribution < -0.4 is 4.74 Å². The summed E-state index contributed by atoms with van der Waals surface area (Å²) in [6.07, 6.45) is 0. The van der Waals surface area contributed by atoms with Crippen molar-refractivity contribution in [3.63, 3.8) is 0 Å². The molecule has 0 radical (unpaired) electrons. The largest absolute Gasteiger partial charge is 0.454 e. The summed E-state index contributed by atoms with van der Waals surface area (Å²) >= 11 is 18.6. The molecule has 3 aromatic rings. The number of aliphatic hydroxyl groups excluding tert-OH is 1. The molecule has 3 aromatic carbocycles. The summed E-state index contributed by atoms with van der Waals surface area (Å²) in [7, 11) is 0. The van der Waals surface area contributed by atoms with E-state index in [0.717, 1.165) is 10.8 Å². The van der Waals surface area contributed by atoms with Crippen LogP contribution in [0.25, 0.3) is 10.8 Å². The van der Waals surface area contributed by atoms with Gasteiger partial charge in [0.1, 0.15) is 5.75 Å². The molecule has 0 spiro atoms. The molecule has 22 heavy (non-hydrogen) atoms. The fraction of sp³-hybridized carbons (Fsp3) is 0.0588. The summed E-state index contributed by atoms with van der Waals surface area (Å²) in [5, 5.41) is 12.3. The van der Waals surface area contributed by atoms with Gasteiger partial charge in [0.15, 0.2) is 5.75 Å². The maximum Gasteiger partial charge on any atom is 0.164 e. The van der Waals surface area contributed by atoms with E-state index in [0.29, 0.717) is 32.1 Å². The predicted molar refractivity (Wildman–Crippen MR) is 91.4 cm³/mol. The number of fused-ring (bicyclic) bond motifs is 1. The highest BCUT2D eigenvalue weighted by molar-refractivity contribution is 6.37. The van der Waals surface area contributed by atoms with E-state index < -0.39 is 0 Å². The van der Waals surface area contributed by atoms with Gasteiger partial charge in [-0.05, 0) is 29.8 Å². The van der Waals surface area contributed by atoms with Crippen LogP contribution in [-0.4, -0.2) is 5.11 Å². The third-order valence-corrected chi connectivity index (χ3v) is 4.17. The van der Waals surface area contributed by atoms with Gasteiger partial charge in [0, 0.05) is 15.8 Å². The van der Waals surface area contributed by atoms with Crippen molar-refractivity contribution in [1.29, 1.82) is 0 Å². The van der Waals surface area contributed by atoms with Crippen molar-refractivity contribution in [2.45, 2.75) is 6.61 Å². The standard InChI is InChI=1S/C17H11Cl3O2/c18-13-5-6-16(12-4-2-1-3-11(12)13)22-17-14(19)7-10(9-21)8-15(17)20/h1-8,21H,9H2. The minimum Gasteiger partial charge on any atom is -0.454 e. The van der Waals surface area contributed by atoms with Crippen LogP contribution in [0, 0.1) is 0 Å². The highest BCUT2D eigenvalue weighted by Gasteiger charge is 2.13. The SMILES string of the molecule is OCc1cc(Cl)c(Oc2ccc(Cl)c3ccccc23)c(Cl)c1. The first-order valence-corrected chi connectivity index (χ1v) is 7.67. The van der Waals surface area contributed by atoms with Crippen molar-refractivity contribution in [1.82, 2.24) is 0 Å². The van der Waals surface area contributed by atoms with Crippen LogP contribution in [0.5, 0.6) is 11.5 Å². The van der Waals surface area contributed by atoms with Gasteiger partial charge in [-0.15, -0.1) is 0 Å². The second-order valence-electron chi connectivity index (χ2n) is 4.74. The molecule has 0 aliphatic rings. The van der Waals surface area contributed by atoms with Crippen LogP contribution >= 0.6 is 34.8 Å². The zero-order valence-corrected chi connectivity index (χ0v) is 13.6. The monoisotopic (exact) mass is 352 g/mol. The molecule has 3 rings (SSSR count). The average molecular weight is 354 g/mol. The van der Waals surface area contributed by atoms with E-state index in [1.165, 1.54) is 0 Å². The molecule has 112 valence electrons. The molecular formula is C17H11Cl3O2. The number of aliphatic hydroxyl groups is 1. The fourth-order valence-corrected chi connectivity index (χ4v) is 3.07. The lowest BCUT2D eigenvalue weighted by molar-refractivity contribution is 0.281. The molecular weight excluding hydrogens is 343 g/mol. The maximum atomic E-state index is 9.17. The smallest absolute Gasteiger partial charge is 0.164 e. The van der Waals surface area contributed by atoms with Crippen LogP contribution in [0.4, 0.5) is 0 Å². The van der Waals surface area contributed by atoms with Gasteiger partial charge in [-0.3, -0.25) is 0 Å². The van der Waals surface area contributed by atoms with E-state index in [1.54, 1.807) is 24.3 Å². The van der Waals surface area contributed by atoms with Gasteiger partial charge in [0.2, 0.25) is 0 Å². The summed E-state index contributed by atoms with van der Waals surface area (Å²) in [5.41, 5.74) is 0.628. The summed E-state index contributed by atoms with van der Waals surface area (Å²) in [5.74, 6) is 0.966. The number of rotatable bonds is 3. The first kappa shape index (κ1) is 15.4. The number of hydrogen-bond donors (Lipinski definition) is 1. The van der Waals surface area contributed by atoms with Gasteiger partial charge in [-0.2, -0.15) is 0 Å². The van der Waals surface area contributed by atoms with E-state index in [-0.39, 0.29) is 6.61 Å². The summed E-state index contributed by atoms with van der Waals surface area (Å²) in [6, 6.07) is 14.4. The first-order chi connectivity index (χ1) is 10.6. The molecule has 0 aliphatic carbocycles. The lowest BCUT2D eigenvalue weighted by Gasteiger charge is -2.13. The van der Waals surface area contributed by atoms with E-state index in [2.05, 4.69) is 0 Å². The van der Waals surface area contributed by atoms with Gasteiger partial charge in [-0.1, -0.05) is 59.1 Å². The second-order valence-corrected chi connectivity index (χ2v) is 5.96. The summed E-state index contributed by atoms with van der Waals surface area (Å²) in [6.45, 7) is -0.135. The normalized spacial score (nSPS) is 10.9. The minimum absolute atomic E-state index is 0.135. The second kappa shape index (κ2) is 6.35. The Morgan fingerprint density at radius 1 is 0.818 bits per heavy atom. The van der Waals surface area contributed by atoms with Crippen molar-refractivity contribution >= 4 is 45.6 Å². The molecule has 0 unspecified atom stereocenters. The minimum atomic E-state index is -0.135. The molecule has 1 N–H and O–H groups in total. The van der Waals surface area contributed by atoms with Gasteiger partial charge < -0.3 is 9.84 Å². The van der Waals surface area contributed by atoms with Crippen molar-refractivity contribution < 1.29 is 9.84 Å². The molecule has 5 heteroatoms. The van der Waals surface area contributed by atoms with Gasteiger partial charge in [-0.25, -0.2) is 0 Å². The Morgan fingerprint density at radius 3 is 2.09 bits per heavy atom. The van der Waals surface area contributed by atoms with Crippen LogP contribution in [0.3, 0.4) is 0 Å². The highest BCUT2D eigenvalue weighted by atomic mass is 35.5. The first-order valence-electron chi connectivity index (χ1n) is 6.54. The molecule has 0 saturated heterocycles. The van der Waals surface area contributed by atoms with E-state index in [9.17, 15) is 0 Å². The van der Waals surface area contributed by atoms with E-state index in [1.807, 2.05) is 24.3 Å². The molecule has 0 atom stereocenters. The van der Waals surface area contributed by atoms with Crippen molar-refractivity contribution in [2.24, 2.45) is 0 Å². The topological polar surface area (TPSA) is 29.5 Å². The third-order valence-electron chi connectivity index (χ3n) is 3.28. The quantitative estimate of drug-likeness (QED) is 0.618. The van der Waals surface area contributed by atoms with Crippen LogP contribution in [0.15, 0.2) is 48.5 Å². The Hall–Kier alpha value is -1.45. The zero-order chi connectivity index (χ0) is 15.7. The lowest BCUT2D eigenvalue weighted by atomic mass is 10.1. The number of ether oxygens (including phenoxy) is 1. The summed E-state index contributed by atoms with van der Waals surface area (Å²) in [4.78, 5) is 0. The molecule has 0 aromatic heterocycles. The zero-order valence-electron chi connectivity index (χ0n) is 11.3. The molecule has 0 fully saturated rings. The third kappa shape index (κ3) is 2.88. The molecule has 0 aliphatic heterocycles. The fourth-order valence-electron chi connectivity index (χ4n) is 2.23. The molecule has 0 heterocycles. The van der Waals surface area contributed by atoms with Gasteiger partial charge in [0.05, 0.1) is 16.7 Å². The van der Waals surface area contributed by atoms with Crippen LogP contribution in [0.1, 0.15) is 5.56 Å². The van der Waals surface area contributed by atoms with Crippen molar-refractivity contribution in [3.8, 4) is 11.5 Å². The average Bonchev–Trinajstić information content (AvgIpc) is 2.53. The Balaban J connectivity index is 2.10. The lowest BCUT2D eigenvalue weighted by Crippen LogP contribution is -1.91. The van der Waals surface area contributed by atoms with Crippen LogP contribution in [0.2, 0.25) is 15.1 Å². The van der Waals surface area contributed by atoms with Crippen molar-refractivity contribution in [3.05, 3.63) is 69.2 Å². The van der Waals surface area contributed by atoms with Gasteiger partial charge >= 0.3 is 0 Å². The maximum absolute atomic E-state index is 9.17. The Bertz CT molecular complexity index is 823. The van der Waals surface area contributed by atoms with E-state index >= 15 is 0 Å². The van der Waals surface area contributed by atoms with Crippen molar-refractivity contribution in [2.75, 3.05) is 0 Å². The Kier molecular flexibility index (Phi) is 4.46. The predicted octanol–water partition coefficient (Wildman–Crippen LogP) is 6.08. The summed E-state index contributed by atoms with van der Waals surface area (Å²) < 4.78 is 5.90. The number of hydrogen-bond acceptors (Lipinski definition) is 2. The molecule has 0 saturated carbocycles. The highest BCUT2D eigenvalue weighted by Crippen LogP contribution is 2.40. The Labute approximate surface area is 142 Å². The van der Waals surface area contributed by atoms with E-state index in [4.69, 9.17) is 44.6 Å². The van der Waals surface area contributed by atoms with Gasteiger partial charge in [0.25, 0.3) is 0 Å². The molecule has 2 nitrogen and oxygen atoms in total. The Morgan fingerprint density at radius 2 is 1.45 bits per heavy atom. The molecule has 0 amide bonds. The van der Waals surface area contributed by atoms with Crippen LogP contribution in [-0.2, 0) is 6.61 Å².